The second-order valence-corrected chi connectivity index (χ2v) is 5.95. The number of hydrogen-bond acceptors (Lipinski definition) is 5. The van der Waals surface area contributed by atoms with Crippen LogP contribution in [0.2, 0.25) is 0 Å². The summed E-state index contributed by atoms with van der Waals surface area (Å²) >= 11 is 0. The lowest BCUT2D eigenvalue weighted by molar-refractivity contribution is 0.446. The minimum Gasteiger partial charge on any atom is -0.317 e. The molecule has 7 nitrogen and oxygen atoms in total. The monoisotopic (exact) mass is 334 g/mol. The summed E-state index contributed by atoms with van der Waals surface area (Å²) in [6.45, 7) is 5.85. The van der Waals surface area contributed by atoms with Crippen molar-refractivity contribution in [1.29, 1.82) is 0 Å². The Morgan fingerprint density at radius 3 is 2.70 bits per heavy atom. The van der Waals surface area contributed by atoms with E-state index < -0.39 is 0 Å². The van der Waals surface area contributed by atoms with Gasteiger partial charge in [0.15, 0.2) is 0 Å². The third-order valence-corrected chi connectivity index (χ3v) is 4.60. The van der Waals surface area contributed by atoms with Crippen molar-refractivity contribution in [2.75, 3.05) is 13.1 Å². The van der Waals surface area contributed by atoms with Crippen molar-refractivity contribution in [2.45, 2.75) is 32.6 Å². The van der Waals surface area contributed by atoms with Gasteiger partial charge in [0.25, 0.3) is 5.56 Å². The van der Waals surface area contributed by atoms with Crippen LogP contribution < -0.4 is 10.9 Å². The van der Waals surface area contributed by atoms with Gasteiger partial charge >= 0.3 is 0 Å². The second kappa shape index (κ2) is 5.90. The van der Waals surface area contributed by atoms with Crippen molar-refractivity contribution in [3.8, 4) is 0 Å². The van der Waals surface area contributed by atoms with Crippen molar-refractivity contribution in [1.82, 2.24) is 30.1 Å². The Morgan fingerprint density at radius 2 is 1.96 bits per heavy atom. The molecule has 0 spiro atoms. The van der Waals surface area contributed by atoms with Crippen LogP contribution in [0.25, 0.3) is 16.7 Å². The van der Waals surface area contributed by atoms with Gasteiger partial charge in [0.05, 0.1) is 16.8 Å². The average Bonchev–Trinajstić information content (AvgIpc) is 2.90. The summed E-state index contributed by atoms with van der Waals surface area (Å²) in [5.74, 6) is 0.342. The van der Waals surface area contributed by atoms with Crippen molar-refractivity contribution in [3.63, 3.8) is 0 Å². The number of H-pyrrole nitrogens is 1. The van der Waals surface area contributed by atoms with E-state index >= 15 is 0 Å². The molecule has 3 aromatic rings. The molecule has 4 heterocycles. The molecule has 1 aliphatic heterocycles. The van der Waals surface area contributed by atoms with Crippen LogP contribution in [0.15, 0.2) is 10.9 Å². The highest BCUT2D eigenvalue weighted by Crippen LogP contribution is 2.27. The SMILES string of the molecule is Cc1nnc2nn3c(C4CCNCC4)cc(=O)[nH]c3c2c1C.Cl. The van der Waals surface area contributed by atoms with Crippen molar-refractivity contribution in [2.24, 2.45) is 0 Å². The van der Waals surface area contributed by atoms with Crippen molar-refractivity contribution < 1.29 is 0 Å². The number of hydrogen-bond donors (Lipinski definition) is 2. The highest BCUT2D eigenvalue weighted by Gasteiger charge is 2.21. The van der Waals surface area contributed by atoms with E-state index in [2.05, 4.69) is 25.6 Å². The van der Waals surface area contributed by atoms with E-state index in [-0.39, 0.29) is 18.0 Å². The fourth-order valence-corrected chi connectivity index (χ4v) is 3.26. The van der Waals surface area contributed by atoms with E-state index in [4.69, 9.17) is 0 Å². The molecule has 3 aromatic heterocycles. The molecule has 8 heteroatoms. The molecular weight excluding hydrogens is 316 g/mol. The van der Waals surface area contributed by atoms with E-state index in [1.54, 1.807) is 6.07 Å². The molecule has 1 aliphatic rings. The zero-order valence-corrected chi connectivity index (χ0v) is 13.9. The minimum absolute atomic E-state index is 0. The van der Waals surface area contributed by atoms with Crippen LogP contribution in [0, 0.1) is 13.8 Å². The first-order valence-corrected chi connectivity index (χ1v) is 7.61. The molecule has 0 saturated carbocycles. The molecule has 0 amide bonds. The van der Waals surface area contributed by atoms with Crippen LogP contribution in [0.5, 0.6) is 0 Å². The summed E-state index contributed by atoms with van der Waals surface area (Å²) in [7, 11) is 0. The van der Waals surface area contributed by atoms with Crippen molar-refractivity contribution >= 4 is 29.1 Å². The lowest BCUT2D eigenvalue weighted by Gasteiger charge is -2.22. The Bertz CT molecular complexity index is 925. The highest BCUT2D eigenvalue weighted by atomic mass is 35.5. The van der Waals surface area contributed by atoms with Crippen LogP contribution in [-0.4, -0.2) is 37.9 Å². The number of aromatic nitrogens is 5. The smallest absolute Gasteiger partial charge is 0.251 e. The van der Waals surface area contributed by atoms with Crippen LogP contribution >= 0.6 is 12.4 Å². The molecule has 1 saturated heterocycles. The normalized spacial score (nSPS) is 15.9. The van der Waals surface area contributed by atoms with Gasteiger partial charge in [-0.1, -0.05) is 0 Å². The highest BCUT2D eigenvalue weighted by molar-refractivity contribution is 5.92. The Hall–Kier alpha value is -1.99. The van der Waals surface area contributed by atoms with Gasteiger partial charge in [0.2, 0.25) is 5.65 Å². The molecule has 1 fully saturated rings. The predicted molar refractivity (Wildman–Crippen MR) is 90.5 cm³/mol. The third kappa shape index (κ3) is 2.49. The number of halogens is 1. The molecule has 0 atom stereocenters. The van der Waals surface area contributed by atoms with Crippen LogP contribution in [-0.2, 0) is 0 Å². The first kappa shape index (κ1) is 15.9. The first-order chi connectivity index (χ1) is 10.6. The summed E-state index contributed by atoms with van der Waals surface area (Å²) in [6.07, 6.45) is 2.02. The van der Waals surface area contributed by atoms with E-state index in [0.717, 1.165) is 53.9 Å². The average molecular weight is 335 g/mol. The summed E-state index contributed by atoms with van der Waals surface area (Å²) < 4.78 is 1.85. The van der Waals surface area contributed by atoms with Crippen LogP contribution in [0.1, 0.15) is 35.7 Å². The molecule has 0 aromatic carbocycles. The maximum absolute atomic E-state index is 12.1. The molecule has 2 N–H and O–H groups in total. The predicted octanol–water partition coefficient (Wildman–Crippen LogP) is 1.47. The molecular formula is C15H19ClN6O. The number of fused-ring (bicyclic) bond motifs is 3. The number of aryl methyl sites for hydroxylation is 2. The number of piperidine rings is 1. The number of nitrogens with zero attached hydrogens (tertiary/aromatic N) is 4. The Kier molecular flexibility index (Phi) is 4.08. The molecule has 0 radical (unpaired) electrons. The fraction of sp³-hybridized carbons (Fsp3) is 0.467. The topological polar surface area (TPSA) is 88.0 Å². The molecule has 23 heavy (non-hydrogen) atoms. The summed E-state index contributed by atoms with van der Waals surface area (Å²) in [4.78, 5) is 15.1. The van der Waals surface area contributed by atoms with Gasteiger partial charge in [0, 0.05) is 12.0 Å². The van der Waals surface area contributed by atoms with Gasteiger partial charge in [0.1, 0.15) is 5.65 Å². The number of nitrogens with one attached hydrogen (secondary N) is 2. The lowest BCUT2D eigenvalue weighted by Crippen LogP contribution is -2.28. The summed E-state index contributed by atoms with van der Waals surface area (Å²) in [6, 6.07) is 1.67. The Balaban J connectivity index is 0.00000156. The van der Waals surface area contributed by atoms with E-state index in [9.17, 15) is 4.79 Å². The van der Waals surface area contributed by atoms with E-state index in [0.29, 0.717) is 11.6 Å². The van der Waals surface area contributed by atoms with Gasteiger partial charge < -0.3 is 10.3 Å². The van der Waals surface area contributed by atoms with Gasteiger partial charge in [-0.05, 0) is 45.3 Å². The zero-order valence-electron chi connectivity index (χ0n) is 13.1. The largest absolute Gasteiger partial charge is 0.317 e. The van der Waals surface area contributed by atoms with Gasteiger partial charge in [-0.25, -0.2) is 4.52 Å². The second-order valence-electron chi connectivity index (χ2n) is 5.95. The minimum atomic E-state index is -0.0864. The third-order valence-electron chi connectivity index (χ3n) is 4.60. The molecule has 0 aliphatic carbocycles. The summed E-state index contributed by atoms with van der Waals surface area (Å²) in [5, 5.41) is 17.1. The zero-order chi connectivity index (χ0) is 15.3. The molecule has 4 rings (SSSR count). The van der Waals surface area contributed by atoms with Gasteiger partial charge in [-0.2, -0.15) is 5.10 Å². The Labute approximate surface area is 138 Å². The van der Waals surface area contributed by atoms with E-state index in [1.165, 1.54) is 0 Å². The number of aromatic amines is 1. The molecule has 0 unspecified atom stereocenters. The quantitative estimate of drug-likeness (QED) is 0.703. The van der Waals surface area contributed by atoms with E-state index in [1.807, 2.05) is 18.4 Å². The fourth-order valence-electron chi connectivity index (χ4n) is 3.26. The lowest BCUT2D eigenvalue weighted by atomic mass is 9.94. The standard InChI is InChI=1S/C15H18N6O.ClH/c1-8-9(2)18-19-14-13(8)15-17-12(22)7-11(21(15)20-14)10-3-5-16-6-4-10;/h7,10,16H,3-6H2,1-2H3,(H,17,22);1H. The van der Waals surface area contributed by atoms with Crippen LogP contribution in [0.3, 0.4) is 0 Å². The van der Waals surface area contributed by atoms with Crippen LogP contribution in [0.4, 0.5) is 0 Å². The van der Waals surface area contributed by atoms with Gasteiger partial charge in [-0.3, -0.25) is 4.79 Å². The number of rotatable bonds is 1. The molecule has 122 valence electrons. The maximum Gasteiger partial charge on any atom is 0.251 e. The molecule has 0 bridgehead atoms. The first-order valence-electron chi connectivity index (χ1n) is 7.61. The Morgan fingerprint density at radius 1 is 1.22 bits per heavy atom. The summed E-state index contributed by atoms with van der Waals surface area (Å²) in [5.41, 5.74) is 4.06. The van der Waals surface area contributed by atoms with Gasteiger partial charge in [-0.15, -0.1) is 22.6 Å². The maximum atomic E-state index is 12.1. The van der Waals surface area contributed by atoms with Crippen molar-refractivity contribution in [3.05, 3.63) is 33.4 Å².